The fraction of sp³-hybridized carbons (Fsp3) is 0.375. The molecule has 0 atom stereocenters. The third-order valence-corrected chi connectivity index (χ3v) is 3.30. The van der Waals surface area contributed by atoms with Crippen LogP contribution in [0.4, 0.5) is 0 Å². The van der Waals surface area contributed by atoms with Gasteiger partial charge in [0.05, 0.1) is 0 Å². The van der Waals surface area contributed by atoms with Gasteiger partial charge in [0, 0.05) is 24.0 Å². The maximum atomic E-state index is 2.31. The average Bonchev–Trinajstić information content (AvgIpc) is 2.59. The van der Waals surface area contributed by atoms with E-state index in [2.05, 4.69) is 48.1 Å². The van der Waals surface area contributed by atoms with E-state index in [1.807, 2.05) is 13.8 Å². The van der Waals surface area contributed by atoms with Crippen LogP contribution < -0.4 is 0 Å². The molecule has 17 heavy (non-hydrogen) atoms. The van der Waals surface area contributed by atoms with Crippen molar-refractivity contribution in [2.75, 3.05) is 0 Å². The van der Waals surface area contributed by atoms with Crippen molar-refractivity contribution >= 4 is 18.2 Å². The molecule has 0 saturated carbocycles. The Kier molecular flexibility index (Phi) is 3.68. The maximum absolute atomic E-state index is 2.31. The summed E-state index contributed by atoms with van der Waals surface area (Å²) in [6, 6.07) is 0. The average molecular weight is 227 g/mol. The zero-order valence-corrected chi connectivity index (χ0v) is 11.0. The Morgan fingerprint density at radius 1 is 0.941 bits per heavy atom. The summed E-state index contributed by atoms with van der Waals surface area (Å²) in [6.45, 7) is 4.00. The SMILES string of the molecule is CC.Cn1c2c(c3c1C=CCC3)C=CCC=C2. The molecule has 2 aliphatic rings. The molecule has 0 radical (unpaired) electrons. The van der Waals surface area contributed by atoms with Crippen molar-refractivity contribution in [3.63, 3.8) is 0 Å². The van der Waals surface area contributed by atoms with Crippen LogP contribution in [0.2, 0.25) is 0 Å². The lowest BCUT2D eigenvalue weighted by atomic mass is 9.99. The lowest BCUT2D eigenvalue weighted by Crippen LogP contribution is -1.97. The first kappa shape index (κ1) is 12.0. The molecule has 1 heterocycles. The number of fused-ring (bicyclic) bond motifs is 3. The zero-order chi connectivity index (χ0) is 12.3. The standard InChI is InChI=1S/C14H15N.C2H6/c1-15-13-9-4-2-3-7-11(13)12-8-5-6-10-14(12)15;1-2/h3-4,6-7,9-10H,2,5,8H2,1H3;1-2H3. The molecule has 0 saturated heterocycles. The van der Waals surface area contributed by atoms with E-state index >= 15 is 0 Å². The second-order valence-corrected chi connectivity index (χ2v) is 4.20. The summed E-state index contributed by atoms with van der Waals surface area (Å²) in [4.78, 5) is 0. The topological polar surface area (TPSA) is 4.93 Å². The van der Waals surface area contributed by atoms with Crippen LogP contribution in [0.5, 0.6) is 0 Å². The molecule has 1 aromatic rings. The van der Waals surface area contributed by atoms with Gasteiger partial charge in [0.2, 0.25) is 0 Å². The highest BCUT2D eigenvalue weighted by molar-refractivity contribution is 5.74. The summed E-state index contributed by atoms with van der Waals surface area (Å²) in [6.07, 6.45) is 17.0. The fourth-order valence-corrected chi connectivity index (χ4v) is 2.53. The summed E-state index contributed by atoms with van der Waals surface area (Å²) in [5.41, 5.74) is 5.71. The number of hydrogen-bond acceptors (Lipinski definition) is 0. The molecule has 0 fully saturated rings. The highest BCUT2D eigenvalue weighted by atomic mass is 15.0. The van der Waals surface area contributed by atoms with Gasteiger partial charge in [-0.25, -0.2) is 0 Å². The second kappa shape index (κ2) is 5.22. The van der Waals surface area contributed by atoms with Crippen LogP contribution in [0.1, 0.15) is 49.2 Å². The fourth-order valence-electron chi connectivity index (χ4n) is 2.53. The molecule has 0 amide bonds. The van der Waals surface area contributed by atoms with Crippen molar-refractivity contribution in [2.45, 2.75) is 33.1 Å². The Balaban J connectivity index is 0.000000514. The predicted molar refractivity (Wildman–Crippen MR) is 76.8 cm³/mol. The van der Waals surface area contributed by atoms with E-state index in [0.717, 1.165) is 6.42 Å². The van der Waals surface area contributed by atoms with Crippen LogP contribution in [0.25, 0.3) is 18.2 Å². The quantitative estimate of drug-likeness (QED) is 0.617. The van der Waals surface area contributed by atoms with Crippen LogP contribution in [0, 0.1) is 0 Å². The minimum Gasteiger partial charge on any atom is -0.344 e. The molecule has 0 aliphatic heterocycles. The lowest BCUT2D eigenvalue weighted by molar-refractivity contribution is 0.877. The minimum atomic E-state index is 1.05. The second-order valence-electron chi connectivity index (χ2n) is 4.20. The molecule has 1 aromatic heterocycles. The Morgan fingerprint density at radius 2 is 1.65 bits per heavy atom. The van der Waals surface area contributed by atoms with Gasteiger partial charge in [-0.3, -0.25) is 0 Å². The largest absolute Gasteiger partial charge is 0.344 e. The molecule has 1 nitrogen and oxygen atoms in total. The van der Waals surface area contributed by atoms with E-state index in [1.165, 1.54) is 35.4 Å². The Morgan fingerprint density at radius 3 is 2.47 bits per heavy atom. The number of allylic oxidation sites excluding steroid dienone is 3. The van der Waals surface area contributed by atoms with Crippen LogP contribution in [-0.2, 0) is 13.5 Å². The summed E-state index contributed by atoms with van der Waals surface area (Å²) in [5, 5.41) is 0. The van der Waals surface area contributed by atoms with Gasteiger partial charge >= 0.3 is 0 Å². The van der Waals surface area contributed by atoms with E-state index in [9.17, 15) is 0 Å². The normalized spacial score (nSPS) is 15.7. The van der Waals surface area contributed by atoms with E-state index in [1.54, 1.807) is 0 Å². The van der Waals surface area contributed by atoms with Crippen molar-refractivity contribution in [1.82, 2.24) is 4.57 Å². The van der Waals surface area contributed by atoms with Crippen molar-refractivity contribution in [2.24, 2.45) is 7.05 Å². The molecular formula is C16H21N. The van der Waals surface area contributed by atoms with E-state index < -0.39 is 0 Å². The van der Waals surface area contributed by atoms with Gasteiger partial charge in [-0.05, 0) is 37.0 Å². The first-order valence-electron chi connectivity index (χ1n) is 6.59. The number of nitrogens with zero attached hydrogens (tertiary/aromatic N) is 1. The molecular weight excluding hydrogens is 206 g/mol. The molecule has 90 valence electrons. The molecule has 1 heteroatoms. The van der Waals surface area contributed by atoms with Gasteiger partial charge in [0.25, 0.3) is 0 Å². The van der Waals surface area contributed by atoms with Crippen LogP contribution in [0.3, 0.4) is 0 Å². The van der Waals surface area contributed by atoms with E-state index in [-0.39, 0.29) is 0 Å². The van der Waals surface area contributed by atoms with E-state index in [0.29, 0.717) is 0 Å². The molecule has 0 aromatic carbocycles. The predicted octanol–water partition coefficient (Wildman–Crippen LogP) is 4.44. The van der Waals surface area contributed by atoms with Gasteiger partial charge in [0.1, 0.15) is 0 Å². The first-order chi connectivity index (χ1) is 8.38. The van der Waals surface area contributed by atoms with Gasteiger partial charge in [0.15, 0.2) is 0 Å². The summed E-state index contributed by atoms with van der Waals surface area (Å²) in [7, 11) is 2.16. The molecule has 0 unspecified atom stereocenters. The van der Waals surface area contributed by atoms with Crippen LogP contribution >= 0.6 is 0 Å². The molecule has 3 rings (SSSR count). The highest BCUT2D eigenvalue weighted by Crippen LogP contribution is 2.31. The highest BCUT2D eigenvalue weighted by Gasteiger charge is 2.17. The lowest BCUT2D eigenvalue weighted by Gasteiger charge is -2.07. The smallest absolute Gasteiger partial charge is 0.0482 e. The Labute approximate surface area is 104 Å². The van der Waals surface area contributed by atoms with Crippen molar-refractivity contribution < 1.29 is 0 Å². The third-order valence-electron chi connectivity index (χ3n) is 3.30. The maximum Gasteiger partial charge on any atom is 0.0482 e. The first-order valence-corrected chi connectivity index (χ1v) is 6.59. The number of aromatic nitrogens is 1. The van der Waals surface area contributed by atoms with Crippen LogP contribution in [-0.4, -0.2) is 4.57 Å². The van der Waals surface area contributed by atoms with Crippen molar-refractivity contribution in [1.29, 1.82) is 0 Å². The van der Waals surface area contributed by atoms with E-state index in [4.69, 9.17) is 0 Å². The Bertz CT molecular complexity index is 484. The van der Waals surface area contributed by atoms with Crippen molar-refractivity contribution in [3.05, 3.63) is 40.7 Å². The number of rotatable bonds is 0. The molecule has 2 aliphatic carbocycles. The molecule has 0 N–H and O–H groups in total. The third kappa shape index (κ3) is 2.02. The van der Waals surface area contributed by atoms with Gasteiger partial charge in [-0.1, -0.05) is 38.2 Å². The summed E-state index contributed by atoms with van der Waals surface area (Å²) in [5.74, 6) is 0. The molecule has 0 bridgehead atoms. The van der Waals surface area contributed by atoms with Gasteiger partial charge in [-0.2, -0.15) is 0 Å². The van der Waals surface area contributed by atoms with Crippen molar-refractivity contribution in [3.8, 4) is 0 Å². The molecule has 0 spiro atoms. The zero-order valence-electron chi connectivity index (χ0n) is 11.0. The van der Waals surface area contributed by atoms with Gasteiger partial charge in [-0.15, -0.1) is 0 Å². The summed E-state index contributed by atoms with van der Waals surface area (Å²) < 4.78 is 2.31. The monoisotopic (exact) mass is 227 g/mol. The minimum absolute atomic E-state index is 1.05. The van der Waals surface area contributed by atoms with Crippen LogP contribution in [0.15, 0.2) is 18.2 Å². The van der Waals surface area contributed by atoms with Gasteiger partial charge < -0.3 is 4.57 Å². The Hall–Kier alpha value is -1.50. The summed E-state index contributed by atoms with van der Waals surface area (Å²) >= 11 is 0. The number of hydrogen-bond donors (Lipinski definition) is 0.